The molecule has 7 nitrogen and oxygen atoms in total. The molecule has 0 atom stereocenters. The number of aldehydes is 1. The lowest BCUT2D eigenvalue weighted by Gasteiger charge is -2.07. The van der Waals surface area contributed by atoms with Gasteiger partial charge in [-0.15, -0.1) is 0 Å². The molecular weight excluding hydrogens is 368 g/mol. The maximum atomic E-state index is 10.8. The molecule has 1 aromatic carbocycles. The Kier molecular flexibility index (Phi) is 7.02. The van der Waals surface area contributed by atoms with E-state index in [-0.39, 0.29) is 6.73 Å². The van der Waals surface area contributed by atoms with E-state index in [0.717, 1.165) is 29.2 Å². The summed E-state index contributed by atoms with van der Waals surface area (Å²) in [4.78, 5) is 23.8. The van der Waals surface area contributed by atoms with Crippen molar-refractivity contribution < 1.29 is 14.3 Å². The Bertz CT molecular complexity index is 1030. The van der Waals surface area contributed by atoms with Gasteiger partial charge in [-0.1, -0.05) is 13.0 Å². The summed E-state index contributed by atoms with van der Waals surface area (Å²) >= 11 is 0. The predicted molar refractivity (Wildman–Crippen MR) is 112 cm³/mol. The summed E-state index contributed by atoms with van der Waals surface area (Å²) in [5, 5.41) is 0.874. The lowest BCUT2D eigenvalue weighted by atomic mass is 10.2. The third-order valence-corrected chi connectivity index (χ3v) is 3.99. The molecule has 3 aromatic rings. The molecule has 0 fully saturated rings. The highest BCUT2D eigenvalue weighted by molar-refractivity contribution is 6.08. The molecule has 0 bridgehead atoms. The van der Waals surface area contributed by atoms with Crippen LogP contribution in [0.2, 0.25) is 0 Å². The molecule has 0 aliphatic heterocycles. The fraction of sp³-hybridized carbons (Fsp3) is 0.182. The first-order valence-electron chi connectivity index (χ1n) is 9.24. The van der Waals surface area contributed by atoms with Crippen LogP contribution < -0.4 is 10.5 Å². The summed E-state index contributed by atoms with van der Waals surface area (Å²) < 4.78 is 11.2. The van der Waals surface area contributed by atoms with Gasteiger partial charge in [0.15, 0.2) is 6.29 Å². The number of carbonyl (C=O) groups excluding carboxylic acids is 1. The largest absolute Gasteiger partial charge is 0.439 e. The second-order valence-corrected chi connectivity index (χ2v) is 6.14. The van der Waals surface area contributed by atoms with Crippen LogP contribution in [-0.4, -0.2) is 35.3 Å². The van der Waals surface area contributed by atoms with Crippen LogP contribution in [0.25, 0.3) is 10.9 Å². The number of fused-ring (bicyclic) bond motifs is 1. The molecule has 0 aliphatic rings. The number of aliphatic imine (C=N–C) groups is 1. The lowest BCUT2D eigenvalue weighted by Crippen LogP contribution is -2.03. The highest BCUT2D eigenvalue weighted by Crippen LogP contribution is 2.24. The van der Waals surface area contributed by atoms with Crippen molar-refractivity contribution in [1.29, 1.82) is 0 Å². The molecular formula is C22H22N4O3. The van der Waals surface area contributed by atoms with Crippen molar-refractivity contribution >= 4 is 22.9 Å². The number of allylic oxidation sites excluding steroid dienone is 1. The van der Waals surface area contributed by atoms with Gasteiger partial charge in [0, 0.05) is 29.8 Å². The van der Waals surface area contributed by atoms with E-state index in [9.17, 15) is 4.79 Å². The Labute approximate surface area is 168 Å². The Balaban J connectivity index is 1.74. The molecule has 7 heteroatoms. The first-order valence-corrected chi connectivity index (χ1v) is 9.24. The third kappa shape index (κ3) is 5.46. The lowest BCUT2D eigenvalue weighted by molar-refractivity contribution is 0.111. The molecule has 0 radical (unpaired) electrons. The van der Waals surface area contributed by atoms with E-state index >= 15 is 0 Å². The fourth-order valence-electron chi connectivity index (χ4n) is 2.62. The van der Waals surface area contributed by atoms with Crippen LogP contribution in [0.3, 0.4) is 0 Å². The third-order valence-electron chi connectivity index (χ3n) is 3.99. The van der Waals surface area contributed by atoms with Gasteiger partial charge in [-0.05, 0) is 49.0 Å². The molecule has 2 N–H and O–H groups in total. The molecule has 3 rings (SSSR count). The number of pyridine rings is 2. The molecule has 0 saturated carbocycles. The highest BCUT2D eigenvalue weighted by atomic mass is 16.5. The molecule has 2 heterocycles. The average molecular weight is 390 g/mol. The van der Waals surface area contributed by atoms with Crippen molar-refractivity contribution in [1.82, 2.24) is 9.97 Å². The number of carbonyl (C=O) groups is 1. The molecule has 2 aromatic heterocycles. The smallest absolute Gasteiger partial charge is 0.219 e. The first kappa shape index (κ1) is 20.2. The Hall–Kier alpha value is -3.58. The summed E-state index contributed by atoms with van der Waals surface area (Å²) in [7, 11) is 0. The number of rotatable bonds is 9. The summed E-state index contributed by atoms with van der Waals surface area (Å²) in [6.45, 7) is 2.97. The number of aromatic nitrogens is 2. The van der Waals surface area contributed by atoms with Crippen LogP contribution in [0.4, 0.5) is 0 Å². The number of ether oxygens (including phenoxy) is 2. The zero-order valence-corrected chi connectivity index (χ0v) is 16.1. The van der Waals surface area contributed by atoms with E-state index < -0.39 is 0 Å². The van der Waals surface area contributed by atoms with Gasteiger partial charge in [-0.2, -0.15) is 0 Å². The maximum absolute atomic E-state index is 10.8. The SMILES string of the molecule is CCCOC/N=C(/C=C\N)c1ccc(Oc2ccc3nc(C=O)ccc3c2)nc1. The van der Waals surface area contributed by atoms with E-state index in [0.29, 0.717) is 29.6 Å². The zero-order valence-electron chi connectivity index (χ0n) is 16.1. The van der Waals surface area contributed by atoms with Gasteiger partial charge in [-0.3, -0.25) is 9.79 Å². The monoisotopic (exact) mass is 390 g/mol. The van der Waals surface area contributed by atoms with Gasteiger partial charge >= 0.3 is 0 Å². The average Bonchev–Trinajstić information content (AvgIpc) is 2.76. The number of hydrogen-bond donors (Lipinski definition) is 1. The molecule has 0 spiro atoms. The van der Waals surface area contributed by atoms with Gasteiger partial charge in [-0.25, -0.2) is 9.97 Å². The Morgan fingerprint density at radius 3 is 2.83 bits per heavy atom. The van der Waals surface area contributed by atoms with Gasteiger partial charge in [0.25, 0.3) is 0 Å². The second kappa shape index (κ2) is 10.1. The standard InChI is InChI=1S/C22H22N4O3/c1-2-11-28-15-25-20(9-10-23)17-4-8-22(24-13-17)29-19-6-7-21-16(12-19)3-5-18(14-27)26-21/h3-10,12-14H,2,11,15,23H2,1H3/b10-9-,25-20-. The summed E-state index contributed by atoms with van der Waals surface area (Å²) in [6, 6.07) is 12.6. The normalized spacial score (nSPS) is 11.8. The van der Waals surface area contributed by atoms with Crippen LogP contribution in [0.5, 0.6) is 11.6 Å². The molecule has 29 heavy (non-hydrogen) atoms. The van der Waals surface area contributed by atoms with Gasteiger partial charge in [0.2, 0.25) is 5.88 Å². The molecule has 0 unspecified atom stereocenters. The minimum Gasteiger partial charge on any atom is -0.439 e. The van der Waals surface area contributed by atoms with Crippen LogP contribution in [0, 0.1) is 0 Å². The molecule has 0 saturated heterocycles. The number of benzene rings is 1. The van der Waals surface area contributed by atoms with Crippen LogP contribution in [-0.2, 0) is 4.74 Å². The summed E-state index contributed by atoms with van der Waals surface area (Å²) in [5.41, 5.74) is 8.14. The Morgan fingerprint density at radius 1 is 1.21 bits per heavy atom. The highest BCUT2D eigenvalue weighted by Gasteiger charge is 2.05. The van der Waals surface area contributed by atoms with Crippen LogP contribution >= 0.6 is 0 Å². The van der Waals surface area contributed by atoms with Crippen molar-refractivity contribution in [2.45, 2.75) is 13.3 Å². The number of nitrogens with zero attached hydrogens (tertiary/aromatic N) is 3. The summed E-state index contributed by atoms with van der Waals surface area (Å²) in [6.07, 6.45) is 6.48. The zero-order chi connectivity index (χ0) is 20.5. The molecule has 0 aliphatic carbocycles. The van der Waals surface area contributed by atoms with E-state index in [2.05, 4.69) is 15.0 Å². The van der Waals surface area contributed by atoms with Crippen LogP contribution in [0.1, 0.15) is 29.4 Å². The topological polar surface area (TPSA) is 99.7 Å². The minimum absolute atomic E-state index is 0.267. The van der Waals surface area contributed by atoms with E-state index in [1.54, 1.807) is 36.5 Å². The van der Waals surface area contributed by atoms with Crippen molar-refractivity contribution in [3.05, 3.63) is 72.2 Å². The van der Waals surface area contributed by atoms with Crippen molar-refractivity contribution in [3.63, 3.8) is 0 Å². The first-order chi connectivity index (χ1) is 14.2. The van der Waals surface area contributed by atoms with Crippen molar-refractivity contribution in [2.24, 2.45) is 10.7 Å². The van der Waals surface area contributed by atoms with Crippen molar-refractivity contribution in [3.8, 4) is 11.6 Å². The van der Waals surface area contributed by atoms with Gasteiger partial charge < -0.3 is 15.2 Å². The quantitative estimate of drug-likeness (QED) is 0.338. The second-order valence-electron chi connectivity index (χ2n) is 6.14. The van der Waals surface area contributed by atoms with E-state index in [1.165, 1.54) is 6.20 Å². The predicted octanol–water partition coefficient (Wildman–Crippen LogP) is 3.88. The van der Waals surface area contributed by atoms with E-state index in [1.807, 2.05) is 25.1 Å². The van der Waals surface area contributed by atoms with Crippen LogP contribution in [0.15, 0.2) is 65.9 Å². The number of hydrogen-bond acceptors (Lipinski definition) is 7. The summed E-state index contributed by atoms with van der Waals surface area (Å²) in [5.74, 6) is 1.07. The van der Waals surface area contributed by atoms with Crippen molar-refractivity contribution in [2.75, 3.05) is 13.3 Å². The minimum atomic E-state index is 0.267. The van der Waals surface area contributed by atoms with Gasteiger partial charge in [0.05, 0.1) is 11.2 Å². The Morgan fingerprint density at radius 2 is 2.10 bits per heavy atom. The van der Waals surface area contributed by atoms with Gasteiger partial charge in [0.1, 0.15) is 18.2 Å². The van der Waals surface area contributed by atoms with E-state index in [4.69, 9.17) is 15.2 Å². The number of nitrogens with two attached hydrogens (primary N) is 1. The molecule has 0 amide bonds. The fourth-order valence-corrected chi connectivity index (χ4v) is 2.62. The maximum Gasteiger partial charge on any atom is 0.219 e. The molecule has 148 valence electrons.